The van der Waals surface area contributed by atoms with Gasteiger partial charge in [0.15, 0.2) is 0 Å². The van der Waals surface area contributed by atoms with Crippen molar-refractivity contribution >= 4 is 34.9 Å². The van der Waals surface area contributed by atoms with Crippen LogP contribution in [-0.2, 0) is 0 Å². The van der Waals surface area contributed by atoms with Gasteiger partial charge in [0, 0.05) is 25.3 Å². The van der Waals surface area contributed by atoms with Gasteiger partial charge in [0.1, 0.15) is 4.32 Å². The van der Waals surface area contributed by atoms with Crippen LogP contribution in [0.2, 0.25) is 0 Å². The van der Waals surface area contributed by atoms with Crippen molar-refractivity contribution in [2.24, 2.45) is 0 Å². The van der Waals surface area contributed by atoms with Gasteiger partial charge in [0.05, 0.1) is 0 Å². The molecule has 0 saturated heterocycles. The van der Waals surface area contributed by atoms with Gasteiger partial charge >= 0.3 is 0 Å². The average molecular weight is 240 g/mol. The zero-order valence-corrected chi connectivity index (χ0v) is 10.7. The first-order valence-electron chi connectivity index (χ1n) is 4.85. The highest BCUT2D eigenvalue weighted by Crippen LogP contribution is 2.10. The molecule has 15 heavy (non-hydrogen) atoms. The van der Waals surface area contributed by atoms with E-state index >= 15 is 0 Å². The van der Waals surface area contributed by atoms with Gasteiger partial charge in [0.25, 0.3) is 0 Å². The zero-order chi connectivity index (χ0) is 11.3. The van der Waals surface area contributed by atoms with Crippen LogP contribution in [0.4, 0.5) is 5.69 Å². The molecule has 4 heteroatoms. The Kier molecular flexibility index (Phi) is 4.91. The summed E-state index contributed by atoms with van der Waals surface area (Å²) in [6.45, 7) is 2.98. The highest BCUT2D eigenvalue weighted by Gasteiger charge is 2.06. The molecule has 1 N–H and O–H groups in total. The minimum Gasteiger partial charge on any atom is -0.373 e. The lowest BCUT2D eigenvalue weighted by atomic mass is 10.2. The molecule has 0 fully saturated rings. The maximum absolute atomic E-state index is 4.88. The van der Waals surface area contributed by atoms with Crippen molar-refractivity contribution in [3.05, 3.63) is 30.3 Å². The van der Waals surface area contributed by atoms with E-state index in [4.69, 9.17) is 12.2 Å². The second-order valence-corrected chi connectivity index (χ2v) is 4.72. The summed E-state index contributed by atoms with van der Waals surface area (Å²) in [4.78, 5) is 2.18. The molecule has 82 valence electrons. The topological polar surface area (TPSA) is 15.3 Å². The molecule has 1 aromatic rings. The second-order valence-electron chi connectivity index (χ2n) is 3.57. The van der Waals surface area contributed by atoms with Crippen LogP contribution < -0.4 is 10.2 Å². The van der Waals surface area contributed by atoms with Gasteiger partial charge in [-0.05, 0) is 19.1 Å². The van der Waals surface area contributed by atoms with Crippen LogP contribution in [0.25, 0.3) is 0 Å². The van der Waals surface area contributed by atoms with E-state index in [9.17, 15) is 0 Å². The average Bonchev–Trinajstić information content (AvgIpc) is 2.17. The summed E-state index contributed by atoms with van der Waals surface area (Å²) in [5, 5.41) is 3.10. The van der Waals surface area contributed by atoms with Gasteiger partial charge in [-0.2, -0.15) is 0 Å². The predicted octanol–water partition coefficient (Wildman–Crippen LogP) is 2.32. The van der Waals surface area contributed by atoms with E-state index in [0.717, 1.165) is 6.54 Å². The van der Waals surface area contributed by atoms with E-state index in [2.05, 4.69) is 48.9 Å². The summed E-state index contributed by atoms with van der Waals surface area (Å²) in [7, 11) is 2.06. The van der Waals surface area contributed by atoms with E-state index < -0.39 is 0 Å². The highest BCUT2D eigenvalue weighted by molar-refractivity contribution is 8.11. The lowest BCUT2D eigenvalue weighted by Gasteiger charge is -2.24. The van der Waals surface area contributed by atoms with Crippen LogP contribution in [0.15, 0.2) is 30.3 Å². The maximum atomic E-state index is 4.88. The fraction of sp³-hybridized carbons (Fsp3) is 0.364. The third-order valence-corrected chi connectivity index (χ3v) is 2.36. The number of hydrogen-bond acceptors (Lipinski definition) is 2. The molecule has 0 aliphatic rings. The minimum atomic E-state index is 0.292. The molecule has 0 aromatic heterocycles. The van der Waals surface area contributed by atoms with E-state index in [1.807, 2.05) is 18.2 Å². The zero-order valence-electron chi connectivity index (χ0n) is 8.97. The fourth-order valence-corrected chi connectivity index (χ4v) is 1.88. The van der Waals surface area contributed by atoms with Gasteiger partial charge in [-0.25, -0.2) is 0 Å². The Morgan fingerprint density at radius 2 is 2.07 bits per heavy atom. The maximum Gasteiger partial charge on any atom is 0.130 e. The third kappa shape index (κ3) is 4.53. The van der Waals surface area contributed by atoms with Crippen molar-refractivity contribution in [3.8, 4) is 0 Å². The van der Waals surface area contributed by atoms with Crippen LogP contribution in [0, 0.1) is 0 Å². The molecular formula is C11H16N2S2. The molecule has 0 amide bonds. The highest BCUT2D eigenvalue weighted by atomic mass is 32.1. The molecule has 0 radical (unpaired) electrons. The molecule has 2 nitrogen and oxygen atoms in total. The van der Waals surface area contributed by atoms with E-state index in [0.29, 0.717) is 10.4 Å². The molecule has 1 atom stereocenters. The molecule has 1 aromatic carbocycles. The quantitative estimate of drug-likeness (QED) is 0.621. The minimum absolute atomic E-state index is 0.292. The van der Waals surface area contributed by atoms with Gasteiger partial charge in [-0.15, -0.1) is 12.6 Å². The number of benzene rings is 1. The number of rotatable bonds is 4. The Labute approximate surface area is 102 Å². The van der Waals surface area contributed by atoms with Crippen molar-refractivity contribution in [1.82, 2.24) is 5.32 Å². The van der Waals surface area contributed by atoms with Crippen molar-refractivity contribution in [2.75, 3.05) is 18.5 Å². The van der Waals surface area contributed by atoms with Gasteiger partial charge < -0.3 is 10.2 Å². The van der Waals surface area contributed by atoms with Crippen LogP contribution in [0.5, 0.6) is 0 Å². The molecule has 1 rings (SSSR count). The number of nitrogens with zero attached hydrogens (tertiary/aromatic N) is 1. The number of thiocarbonyl (C=S) groups is 1. The van der Waals surface area contributed by atoms with Crippen molar-refractivity contribution in [3.63, 3.8) is 0 Å². The lowest BCUT2D eigenvalue weighted by molar-refractivity contribution is 0.660. The standard InChI is InChI=1S/C11H16N2S2/c1-9(12-11(14)15)8-13(2)10-6-4-3-5-7-10/h3-7,9H,8H2,1-2H3,(H2,12,14,15)/t9-/m0/s1. The van der Waals surface area contributed by atoms with Crippen LogP contribution in [-0.4, -0.2) is 24.0 Å². The normalized spacial score (nSPS) is 11.9. The first-order valence-corrected chi connectivity index (χ1v) is 5.71. The molecule has 0 bridgehead atoms. The largest absolute Gasteiger partial charge is 0.373 e. The Balaban J connectivity index is 2.49. The molecule has 0 heterocycles. The van der Waals surface area contributed by atoms with Gasteiger partial charge in [0.2, 0.25) is 0 Å². The fourth-order valence-electron chi connectivity index (χ4n) is 1.46. The molecule has 0 aliphatic carbocycles. The Bertz CT molecular complexity index is 314. The number of hydrogen-bond donors (Lipinski definition) is 2. The smallest absolute Gasteiger partial charge is 0.130 e. The summed E-state index contributed by atoms with van der Waals surface area (Å²) < 4.78 is 0.545. The van der Waals surface area contributed by atoms with Crippen molar-refractivity contribution in [2.45, 2.75) is 13.0 Å². The number of likely N-dealkylation sites (N-methyl/N-ethyl adjacent to an activating group) is 1. The number of para-hydroxylation sites is 1. The molecule has 0 spiro atoms. The van der Waals surface area contributed by atoms with Crippen molar-refractivity contribution in [1.29, 1.82) is 0 Å². The Morgan fingerprint density at radius 1 is 1.47 bits per heavy atom. The lowest BCUT2D eigenvalue weighted by Crippen LogP contribution is -2.38. The van der Waals surface area contributed by atoms with Crippen LogP contribution in [0.1, 0.15) is 6.92 Å². The summed E-state index contributed by atoms with van der Waals surface area (Å²) in [6, 6.07) is 10.6. The summed E-state index contributed by atoms with van der Waals surface area (Å²) in [5.74, 6) is 0. The molecule has 0 unspecified atom stereocenters. The Hall–Kier alpha value is -0.740. The third-order valence-electron chi connectivity index (χ3n) is 2.11. The number of anilines is 1. The summed E-state index contributed by atoms with van der Waals surface area (Å²) in [6.07, 6.45) is 0. The first kappa shape index (κ1) is 12.3. The monoisotopic (exact) mass is 240 g/mol. The van der Waals surface area contributed by atoms with E-state index in [1.54, 1.807) is 0 Å². The molecule has 0 aliphatic heterocycles. The summed E-state index contributed by atoms with van der Waals surface area (Å²) >= 11 is 8.92. The van der Waals surface area contributed by atoms with E-state index in [1.165, 1.54) is 5.69 Å². The van der Waals surface area contributed by atoms with Crippen LogP contribution in [0.3, 0.4) is 0 Å². The summed E-state index contributed by atoms with van der Waals surface area (Å²) in [5.41, 5.74) is 1.20. The molecular weight excluding hydrogens is 224 g/mol. The predicted molar refractivity (Wildman–Crippen MR) is 73.9 cm³/mol. The number of nitrogens with one attached hydrogen (secondary N) is 1. The van der Waals surface area contributed by atoms with Crippen molar-refractivity contribution < 1.29 is 0 Å². The molecule has 0 saturated carbocycles. The second kappa shape index (κ2) is 5.98. The van der Waals surface area contributed by atoms with Crippen LogP contribution >= 0.6 is 24.8 Å². The first-order chi connectivity index (χ1) is 7.09. The SMILES string of the molecule is C[C@@H](CN(C)c1ccccc1)NC(=S)S. The van der Waals surface area contributed by atoms with E-state index in [-0.39, 0.29) is 0 Å². The number of thiol groups is 1. The van der Waals surface area contributed by atoms with Gasteiger partial charge in [-0.1, -0.05) is 30.4 Å². The van der Waals surface area contributed by atoms with Gasteiger partial charge in [-0.3, -0.25) is 0 Å². The Morgan fingerprint density at radius 3 is 2.60 bits per heavy atom.